The van der Waals surface area contributed by atoms with Gasteiger partial charge in [0.15, 0.2) is 0 Å². The molecule has 0 aliphatic heterocycles. The Balaban J connectivity index is 1.75. The Morgan fingerprint density at radius 1 is 1.53 bits per heavy atom. The second-order valence-corrected chi connectivity index (χ2v) is 4.55. The number of pyridine rings is 1. The van der Waals surface area contributed by atoms with E-state index in [0.717, 1.165) is 24.1 Å². The number of allylic oxidation sites excluding steroid dienone is 2. The highest BCUT2D eigenvalue weighted by Gasteiger charge is 2.13. The van der Waals surface area contributed by atoms with E-state index in [1.165, 1.54) is 0 Å². The van der Waals surface area contributed by atoms with E-state index in [2.05, 4.69) is 22.5 Å². The van der Waals surface area contributed by atoms with Gasteiger partial charge in [-0.15, -0.1) is 0 Å². The number of nitrogens with zero attached hydrogens (tertiary/aromatic N) is 1. The number of rotatable bonds is 4. The lowest BCUT2D eigenvalue weighted by atomic mass is 10.1. The van der Waals surface area contributed by atoms with Crippen LogP contribution in [0.5, 0.6) is 0 Å². The maximum atomic E-state index is 11.7. The Hall–Kier alpha value is -1.64. The zero-order valence-corrected chi connectivity index (χ0v) is 10.1. The molecule has 3 heteroatoms. The highest BCUT2D eigenvalue weighted by atomic mass is 16.1. The molecule has 1 atom stereocenters. The van der Waals surface area contributed by atoms with Gasteiger partial charge >= 0.3 is 0 Å². The van der Waals surface area contributed by atoms with Gasteiger partial charge < -0.3 is 5.32 Å². The Kier molecular flexibility index (Phi) is 3.91. The van der Waals surface area contributed by atoms with Gasteiger partial charge in [-0.3, -0.25) is 9.78 Å². The van der Waals surface area contributed by atoms with Crippen LogP contribution in [0.3, 0.4) is 0 Å². The number of amides is 1. The van der Waals surface area contributed by atoms with E-state index < -0.39 is 0 Å². The summed E-state index contributed by atoms with van der Waals surface area (Å²) < 4.78 is 0. The van der Waals surface area contributed by atoms with E-state index in [1.54, 1.807) is 0 Å². The lowest BCUT2D eigenvalue weighted by Crippen LogP contribution is -2.24. The lowest BCUT2D eigenvalue weighted by molar-refractivity contribution is -0.121. The summed E-state index contributed by atoms with van der Waals surface area (Å²) in [6.45, 7) is 2.53. The minimum atomic E-state index is 0.127. The first-order chi connectivity index (χ1) is 8.24. The molecule has 1 aliphatic rings. The van der Waals surface area contributed by atoms with Gasteiger partial charge in [0, 0.05) is 24.9 Å². The van der Waals surface area contributed by atoms with Crippen molar-refractivity contribution in [3.63, 3.8) is 0 Å². The van der Waals surface area contributed by atoms with E-state index in [-0.39, 0.29) is 5.91 Å². The average molecular weight is 230 g/mol. The molecule has 1 aliphatic carbocycles. The molecule has 17 heavy (non-hydrogen) atoms. The molecule has 1 heterocycles. The summed E-state index contributed by atoms with van der Waals surface area (Å²) >= 11 is 0. The molecule has 90 valence electrons. The third kappa shape index (κ3) is 3.70. The van der Waals surface area contributed by atoms with Crippen LogP contribution in [-0.2, 0) is 11.3 Å². The maximum absolute atomic E-state index is 11.7. The van der Waals surface area contributed by atoms with Gasteiger partial charge in [-0.1, -0.05) is 18.2 Å². The topological polar surface area (TPSA) is 42.0 Å². The number of nitrogens with one attached hydrogen (secondary N) is 1. The fourth-order valence-corrected chi connectivity index (χ4v) is 1.98. The quantitative estimate of drug-likeness (QED) is 0.807. The number of carbonyl (C=O) groups is 1. The molecular weight excluding hydrogens is 212 g/mol. The summed E-state index contributed by atoms with van der Waals surface area (Å²) in [5.74, 6) is 0.563. The first-order valence-corrected chi connectivity index (χ1v) is 6.09. The molecule has 0 aromatic carbocycles. The van der Waals surface area contributed by atoms with Gasteiger partial charge in [-0.25, -0.2) is 0 Å². The van der Waals surface area contributed by atoms with Gasteiger partial charge in [0.05, 0.1) is 0 Å². The molecule has 0 spiro atoms. The van der Waals surface area contributed by atoms with Crippen molar-refractivity contribution in [2.75, 3.05) is 0 Å². The van der Waals surface area contributed by atoms with Crippen LogP contribution in [0.15, 0.2) is 30.5 Å². The molecule has 1 N–H and O–H groups in total. The first kappa shape index (κ1) is 11.8. The number of carbonyl (C=O) groups excluding carboxylic acids is 1. The molecule has 2 rings (SSSR count). The summed E-state index contributed by atoms with van der Waals surface area (Å²) in [6, 6.07) is 3.96. The van der Waals surface area contributed by atoms with Crippen molar-refractivity contribution in [1.82, 2.24) is 10.3 Å². The van der Waals surface area contributed by atoms with Gasteiger partial charge in [0.2, 0.25) is 5.91 Å². The van der Waals surface area contributed by atoms with Crippen molar-refractivity contribution in [1.29, 1.82) is 0 Å². The molecular formula is C14H18N2O. The van der Waals surface area contributed by atoms with Crippen LogP contribution >= 0.6 is 0 Å². The Morgan fingerprint density at radius 3 is 3.06 bits per heavy atom. The van der Waals surface area contributed by atoms with Crippen LogP contribution < -0.4 is 5.32 Å². The number of aryl methyl sites for hydroxylation is 1. The monoisotopic (exact) mass is 230 g/mol. The predicted molar refractivity (Wildman–Crippen MR) is 67.3 cm³/mol. The van der Waals surface area contributed by atoms with Gasteiger partial charge in [0.25, 0.3) is 0 Å². The molecule has 1 amide bonds. The van der Waals surface area contributed by atoms with Crippen LogP contribution in [0, 0.1) is 12.8 Å². The predicted octanol–water partition coefficient (Wildman–Crippen LogP) is 2.36. The first-order valence-electron chi connectivity index (χ1n) is 6.09. The van der Waals surface area contributed by atoms with Crippen molar-refractivity contribution < 1.29 is 4.79 Å². The highest BCUT2D eigenvalue weighted by Crippen LogP contribution is 2.19. The standard InChI is InChI=1S/C14H18N2O/c1-11-6-7-13(9-15-11)10-16-14(17)8-12-4-2-3-5-12/h2,4,6-7,9,12H,3,5,8,10H2,1H3,(H,16,17)/t12-/m0/s1. The van der Waals surface area contributed by atoms with E-state index in [4.69, 9.17) is 0 Å². The van der Waals surface area contributed by atoms with E-state index in [1.807, 2.05) is 25.3 Å². The number of hydrogen-bond acceptors (Lipinski definition) is 2. The SMILES string of the molecule is Cc1ccc(CNC(=O)C[C@H]2C=CCC2)cn1. The van der Waals surface area contributed by atoms with Crippen molar-refractivity contribution >= 4 is 5.91 Å². The third-order valence-electron chi connectivity index (χ3n) is 3.02. The molecule has 0 radical (unpaired) electrons. The summed E-state index contributed by atoms with van der Waals surface area (Å²) in [5.41, 5.74) is 2.04. The van der Waals surface area contributed by atoms with Crippen molar-refractivity contribution in [3.05, 3.63) is 41.7 Å². The van der Waals surface area contributed by atoms with Gasteiger partial charge in [-0.05, 0) is 37.3 Å². The molecule has 1 aromatic heterocycles. The molecule has 0 saturated carbocycles. The van der Waals surface area contributed by atoms with Crippen LogP contribution in [0.25, 0.3) is 0 Å². The summed E-state index contributed by atoms with van der Waals surface area (Å²) in [6.07, 6.45) is 8.94. The fourth-order valence-electron chi connectivity index (χ4n) is 1.98. The number of hydrogen-bond donors (Lipinski definition) is 1. The van der Waals surface area contributed by atoms with Crippen LogP contribution in [0.1, 0.15) is 30.5 Å². The molecule has 0 saturated heterocycles. The molecule has 0 fully saturated rings. The molecule has 1 aromatic rings. The summed E-state index contributed by atoms with van der Waals surface area (Å²) in [4.78, 5) is 15.9. The van der Waals surface area contributed by atoms with Crippen molar-refractivity contribution in [3.8, 4) is 0 Å². The normalized spacial score (nSPS) is 18.3. The molecule has 0 unspecified atom stereocenters. The zero-order valence-electron chi connectivity index (χ0n) is 10.1. The van der Waals surface area contributed by atoms with E-state index >= 15 is 0 Å². The smallest absolute Gasteiger partial charge is 0.220 e. The van der Waals surface area contributed by atoms with Gasteiger partial charge in [0.1, 0.15) is 0 Å². The van der Waals surface area contributed by atoms with Gasteiger partial charge in [-0.2, -0.15) is 0 Å². The second kappa shape index (κ2) is 5.62. The molecule has 0 bridgehead atoms. The minimum Gasteiger partial charge on any atom is -0.352 e. The van der Waals surface area contributed by atoms with Crippen LogP contribution in [0.4, 0.5) is 0 Å². The van der Waals surface area contributed by atoms with Crippen molar-refractivity contribution in [2.45, 2.75) is 32.7 Å². The van der Waals surface area contributed by atoms with E-state index in [9.17, 15) is 4.79 Å². The van der Waals surface area contributed by atoms with Crippen molar-refractivity contribution in [2.24, 2.45) is 5.92 Å². The second-order valence-electron chi connectivity index (χ2n) is 4.55. The van der Waals surface area contributed by atoms with Crippen LogP contribution in [-0.4, -0.2) is 10.9 Å². The average Bonchev–Trinajstić information content (AvgIpc) is 2.81. The zero-order chi connectivity index (χ0) is 12.1. The Labute approximate surface area is 102 Å². The Morgan fingerprint density at radius 2 is 2.41 bits per heavy atom. The Bertz CT molecular complexity index is 409. The largest absolute Gasteiger partial charge is 0.352 e. The number of aromatic nitrogens is 1. The summed E-state index contributed by atoms with van der Waals surface area (Å²) in [7, 11) is 0. The van der Waals surface area contributed by atoms with E-state index in [0.29, 0.717) is 18.9 Å². The lowest BCUT2D eigenvalue weighted by Gasteiger charge is -2.08. The third-order valence-corrected chi connectivity index (χ3v) is 3.02. The minimum absolute atomic E-state index is 0.127. The maximum Gasteiger partial charge on any atom is 0.220 e. The fraction of sp³-hybridized carbons (Fsp3) is 0.429. The summed E-state index contributed by atoms with van der Waals surface area (Å²) in [5, 5.41) is 2.93. The molecule has 3 nitrogen and oxygen atoms in total. The highest BCUT2D eigenvalue weighted by molar-refractivity contribution is 5.76. The van der Waals surface area contributed by atoms with Crippen LogP contribution in [0.2, 0.25) is 0 Å².